The van der Waals surface area contributed by atoms with Crippen LogP contribution in [0.2, 0.25) is 0 Å². The highest BCUT2D eigenvalue weighted by Gasteiger charge is 2.17. The Morgan fingerprint density at radius 3 is 2.59 bits per heavy atom. The third kappa shape index (κ3) is 4.93. The van der Waals surface area contributed by atoms with Gasteiger partial charge in [-0.1, -0.05) is 47.1 Å². The molecule has 34 heavy (non-hydrogen) atoms. The summed E-state index contributed by atoms with van der Waals surface area (Å²) in [5, 5.41) is 6.63. The van der Waals surface area contributed by atoms with E-state index < -0.39 is 17.4 Å². The summed E-state index contributed by atoms with van der Waals surface area (Å²) in [6, 6.07) is 17.3. The van der Waals surface area contributed by atoms with Crippen molar-refractivity contribution >= 4 is 17.6 Å². The first-order chi connectivity index (χ1) is 16.5. The first kappa shape index (κ1) is 22.7. The number of ether oxygens (including phenoxy) is 1. The predicted octanol–water partition coefficient (Wildman–Crippen LogP) is 3.69. The van der Waals surface area contributed by atoms with Gasteiger partial charge in [0.05, 0.1) is 17.9 Å². The van der Waals surface area contributed by atoms with Crippen LogP contribution in [-0.2, 0) is 16.1 Å². The summed E-state index contributed by atoms with van der Waals surface area (Å²) < 4.78 is 11.6. The Kier molecular flexibility index (Phi) is 6.63. The first-order valence-corrected chi connectivity index (χ1v) is 10.6. The van der Waals surface area contributed by atoms with E-state index in [4.69, 9.17) is 9.26 Å². The fourth-order valence-corrected chi connectivity index (χ4v) is 3.30. The van der Waals surface area contributed by atoms with Crippen LogP contribution >= 0.6 is 0 Å². The fraction of sp³-hybridized carbons (Fsp3) is 0.160. The van der Waals surface area contributed by atoms with Gasteiger partial charge in [-0.2, -0.15) is 4.98 Å². The SMILES string of the molecule is CCOC(=O)c1ccccc1NC(=O)Cn1cccc(-c2nc(-c3ccc(C)cc3)no2)c1=O. The number of carbonyl (C=O) groups is 2. The topological polar surface area (TPSA) is 116 Å². The Morgan fingerprint density at radius 1 is 1.06 bits per heavy atom. The zero-order valence-corrected chi connectivity index (χ0v) is 18.6. The maximum atomic E-state index is 13.0. The fourth-order valence-electron chi connectivity index (χ4n) is 3.30. The molecule has 172 valence electrons. The number of aryl methyl sites for hydroxylation is 1. The second kappa shape index (κ2) is 9.95. The molecule has 1 amide bonds. The average molecular weight is 458 g/mol. The van der Waals surface area contributed by atoms with Gasteiger partial charge in [0.25, 0.3) is 11.4 Å². The molecule has 4 rings (SSSR count). The van der Waals surface area contributed by atoms with Crippen LogP contribution in [-0.4, -0.2) is 33.2 Å². The summed E-state index contributed by atoms with van der Waals surface area (Å²) in [5.41, 5.74) is 2.10. The second-order valence-corrected chi connectivity index (χ2v) is 7.46. The van der Waals surface area contributed by atoms with Crippen molar-refractivity contribution in [2.75, 3.05) is 11.9 Å². The number of rotatable bonds is 7. The third-order valence-corrected chi connectivity index (χ3v) is 5.00. The lowest BCUT2D eigenvalue weighted by molar-refractivity contribution is -0.116. The monoisotopic (exact) mass is 458 g/mol. The van der Waals surface area contributed by atoms with Crippen LogP contribution in [0.3, 0.4) is 0 Å². The number of pyridine rings is 1. The highest BCUT2D eigenvalue weighted by Crippen LogP contribution is 2.21. The first-order valence-electron chi connectivity index (χ1n) is 10.6. The van der Waals surface area contributed by atoms with E-state index in [2.05, 4.69) is 15.5 Å². The Hall–Kier alpha value is -4.53. The predicted molar refractivity (Wildman–Crippen MR) is 125 cm³/mol. The van der Waals surface area contributed by atoms with Crippen molar-refractivity contribution in [1.29, 1.82) is 0 Å². The van der Waals surface area contributed by atoms with Crippen LogP contribution in [0.15, 0.2) is 76.2 Å². The highest BCUT2D eigenvalue weighted by atomic mass is 16.5. The van der Waals surface area contributed by atoms with Crippen molar-refractivity contribution in [2.45, 2.75) is 20.4 Å². The summed E-state index contributed by atoms with van der Waals surface area (Å²) in [7, 11) is 0. The van der Waals surface area contributed by atoms with E-state index in [-0.39, 0.29) is 30.2 Å². The zero-order chi connectivity index (χ0) is 24.1. The summed E-state index contributed by atoms with van der Waals surface area (Å²) >= 11 is 0. The average Bonchev–Trinajstić information content (AvgIpc) is 3.31. The van der Waals surface area contributed by atoms with Gasteiger partial charge in [0.2, 0.25) is 11.7 Å². The Balaban J connectivity index is 1.54. The maximum absolute atomic E-state index is 13.0. The molecule has 0 aliphatic carbocycles. The molecular weight excluding hydrogens is 436 g/mol. The third-order valence-electron chi connectivity index (χ3n) is 5.00. The highest BCUT2D eigenvalue weighted by molar-refractivity contribution is 6.01. The normalized spacial score (nSPS) is 10.6. The van der Waals surface area contributed by atoms with Crippen molar-refractivity contribution in [3.8, 4) is 22.8 Å². The van der Waals surface area contributed by atoms with Crippen LogP contribution in [0.4, 0.5) is 5.69 Å². The number of anilines is 1. The molecule has 9 heteroatoms. The molecule has 1 N–H and O–H groups in total. The van der Waals surface area contributed by atoms with Gasteiger partial charge in [-0.25, -0.2) is 4.79 Å². The van der Waals surface area contributed by atoms with Gasteiger partial charge in [0, 0.05) is 11.8 Å². The van der Waals surface area contributed by atoms with Crippen molar-refractivity contribution in [2.24, 2.45) is 0 Å². The molecule has 2 heterocycles. The van der Waals surface area contributed by atoms with Gasteiger partial charge in [0.15, 0.2) is 0 Å². The van der Waals surface area contributed by atoms with Crippen molar-refractivity contribution in [3.63, 3.8) is 0 Å². The molecule has 9 nitrogen and oxygen atoms in total. The lowest BCUT2D eigenvalue weighted by Gasteiger charge is -2.11. The number of carbonyl (C=O) groups excluding carboxylic acids is 2. The number of nitrogens with zero attached hydrogens (tertiary/aromatic N) is 3. The van der Waals surface area contributed by atoms with E-state index in [0.29, 0.717) is 11.5 Å². The lowest BCUT2D eigenvalue weighted by atomic mass is 10.1. The maximum Gasteiger partial charge on any atom is 0.340 e. The number of esters is 1. The number of benzene rings is 2. The second-order valence-electron chi connectivity index (χ2n) is 7.46. The van der Waals surface area contributed by atoms with E-state index in [0.717, 1.165) is 11.1 Å². The molecule has 0 aliphatic heterocycles. The molecule has 2 aromatic carbocycles. The molecule has 0 aliphatic rings. The molecule has 0 radical (unpaired) electrons. The molecule has 0 bridgehead atoms. The molecule has 0 fully saturated rings. The van der Waals surface area contributed by atoms with E-state index >= 15 is 0 Å². The lowest BCUT2D eigenvalue weighted by Crippen LogP contribution is -2.28. The van der Waals surface area contributed by atoms with E-state index in [1.165, 1.54) is 10.8 Å². The summed E-state index contributed by atoms with van der Waals surface area (Å²) in [4.78, 5) is 42.1. The quantitative estimate of drug-likeness (QED) is 0.420. The van der Waals surface area contributed by atoms with Gasteiger partial charge in [0.1, 0.15) is 12.1 Å². The van der Waals surface area contributed by atoms with E-state index in [9.17, 15) is 14.4 Å². The zero-order valence-electron chi connectivity index (χ0n) is 18.6. The minimum atomic E-state index is -0.543. The number of amides is 1. The molecule has 0 unspecified atom stereocenters. The smallest absolute Gasteiger partial charge is 0.340 e. The van der Waals surface area contributed by atoms with E-state index in [1.54, 1.807) is 43.3 Å². The summed E-state index contributed by atoms with van der Waals surface area (Å²) in [6.07, 6.45) is 1.49. The van der Waals surface area contributed by atoms with Crippen LogP contribution in [0, 0.1) is 6.92 Å². The van der Waals surface area contributed by atoms with Gasteiger partial charge < -0.3 is 19.1 Å². The minimum Gasteiger partial charge on any atom is -0.462 e. The largest absolute Gasteiger partial charge is 0.462 e. The van der Waals surface area contributed by atoms with Gasteiger partial charge >= 0.3 is 5.97 Å². The van der Waals surface area contributed by atoms with Gasteiger partial charge in [-0.05, 0) is 38.1 Å². The number of aromatic nitrogens is 3. The number of para-hydroxylation sites is 1. The van der Waals surface area contributed by atoms with Crippen LogP contribution in [0.5, 0.6) is 0 Å². The summed E-state index contributed by atoms with van der Waals surface area (Å²) in [6.45, 7) is 3.61. The number of hydrogen-bond donors (Lipinski definition) is 1. The molecule has 0 saturated heterocycles. The number of nitrogens with one attached hydrogen (secondary N) is 1. The molecule has 4 aromatic rings. The standard InChI is InChI=1S/C25H22N4O5/c1-3-33-25(32)18-7-4-5-9-20(18)26-21(30)15-29-14-6-8-19(24(29)31)23-27-22(28-34-23)17-12-10-16(2)11-13-17/h4-14H,3,15H2,1-2H3,(H,26,30). The molecule has 0 spiro atoms. The summed E-state index contributed by atoms with van der Waals surface area (Å²) in [5.74, 6) is -0.610. The van der Waals surface area contributed by atoms with Gasteiger partial charge in [-0.3, -0.25) is 9.59 Å². The van der Waals surface area contributed by atoms with Gasteiger partial charge in [-0.15, -0.1) is 0 Å². The molecule has 2 aromatic heterocycles. The Labute approximate surface area is 195 Å². The Morgan fingerprint density at radius 2 is 1.82 bits per heavy atom. The van der Waals surface area contributed by atoms with Crippen molar-refractivity contribution in [3.05, 3.63) is 88.3 Å². The molecular formula is C25H22N4O5. The minimum absolute atomic E-state index is 0.0583. The van der Waals surface area contributed by atoms with Crippen LogP contribution in [0.1, 0.15) is 22.8 Å². The van der Waals surface area contributed by atoms with Crippen LogP contribution < -0.4 is 10.9 Å². The van der Waals surface area contributed by atoms with Crippen molar-refractivity contribution < 1.29 is 18.8 Å². The van der Waals surface area contributed by atoms with Crippen LogP contribution in [0.25, 0.3) is 22.8 Å². The Bertz CT molecular complexity index is 1390. The molecule has 0 saturated carbocycles. The van der Waals surface area contributed by atoms with E-state index in [1.807, 2.05) is 31.2 Å². The molecule has 0 atom stereocenters. The number of hydrogen-bond acceptors (Lipinski definition) is 7. The van der Waals surface area contributed by atoms with Crippen molar-refractivity contribution in [1.82, 2.24) is 14.7 Å².